The fourth-order valence-corrected chi connectivity index (χ4v) is 5.56. The topological polar surface area (TPSA) is 86.8 Å². The predicted octanol–water partition coefficient (Wildman–Crippen LogP) is 5.01. The highest BCUT2D eigenvalue weighted by molar-refractivity contribution is 7.92. The number of nitrogens with zero attached hydrogens (tertiary/aromatic N) is 2. The molecule has 1 atom stereocenters. The van der Waals surface area contributed by atoms with Crippen molar-refractivity contribution >= 4 is 39.1 Å². The molecule has 0 radical (unpaired) electrons. The Morgan fingerprint density at radius 3 is 2.18 bits per heavy atom. The van der Waals surface area contributed by atoms with E-state index in [4.69, 9.17) is 11.6 Å². The number of rotatable bonds is 12. The second kappa shape index (κ2) is 13.4. The number of sulfonamides is 1. The summed E-state index contributed by atoms with van der Waals surface area (Å²) in [7, 11) is -4.25. The highest BCUT2D eigenvalue weighted by Crippen LogP contribution is 2.25. The van der Waals surface area contributed by atoms with Gasteiger partial charge in [-0.3, -0.25) is 13.9 Å². The number of amides is 2. The lowest BCUT2D eigenvalue weighted by molar-refractivity contribution is -0.140. The van der Waals surface area contributed by atoms with E-state index in [0.717, 1.165) is 35.0 Å². The van der Waals surface area contributed by atoms with E-state index in [1.54, 1.807) is 61.5 Å². The molecular formula is C28H31ClFN3O4S. The maximum Gasteiger partial charge on any atom is 0.264 e. The molecule has 7 nitrogen and oxygen atoms in total. The van der Waals surface area contributed by atoms with E-state index in [1.807, 2.05) is 6.92 Å². The molecule has 1 N–H and O–H groups in total. The highest BCUT2D eigenvalue weighted by atomic mass is 35.5. The Morgan fingerprint density at radius 1 is 0.947 bits per heavy atom. The van der Waals surface area contributed by atoms with Gasteiger partial charge in [-0.2, -0.15) is 0 Å². The Morgan fingerprint density at radius 2 is 1.58 bits per heavy atom. The summed E-state index contributed by atoms with van der Waals surface area (Å²) >= 11 is 6.38. The summed E-state index contributed by atoms with van der Waals surface area (Å²) < 4.78 is 41.8. The third-order valence-corrected chi connectivity index (χ3v) is 8.12. The zero-order valence-electron chi connectivity index (χ0n) is 21.3. The second-order valence-electron chi connectivity index (χ2n) is 8.63. The highest BCUT2D eigenvalue weighted by Gasteiger charge is 2.33. The molecule has 0 aliphatic carbocycles. The van der Waals surface area contributed by atoms with Crippen LogP contribution in [0.1, 0.15) is 32.3 Å². The van der Waals surface area contributed by atoms with Crippen LogP contribution in [-0.2, 0) is 26.2 Å². The van der Waals surface area contributed by atoms with Crippen molar-refractivity contribution in [3.63, 3.8) is 0 Å². The van der Waals surface area contributed by atoms with Crippen LogP contribution in [0.15, 0.2) is 83.8 Å². The van der Waals surface area contributed by atoms with Crippen LogP contribution in [0.4, 0.5) is 10.1 Å². The minimum absolute atomic E-state index is 0.00971. The normalized spacial score (nSPS) is 12.0. The molecule has 3 rings (SSSR count). The van der Waals surface area contributed by atoms with Crippen molar-refractivity contribution in [1.29, 1.82) is 0 Å². The first kappa shape index (κ1) is 29.1. The van der Waals surface area contributed by atoms with E-state index in [9.17, 15) is 22.4 Å². The second-order valence-corrected chi connectivity index (χ2v) is 10.9. The standard InChI is InChI=1S/C28H31ClFN3O4S/c1-3-18-31-28(35)26(4-2)32(19-21-10-8-9-13-25(21)29)27(34)20-33(23-11-6-5-7-12-23)38(36,37)24-16-14-22(30)15-17-24/h5-17,26H,3-4,18-20H2,1-2H3,(H,31,35). The zero-order chi connectivity index (χ0) is 27.7. The summed E-state index contributed by atoms with van der Waals surface area (Å²) in [4.78, 5) is 28.1. The molecule has 0 saturated heterocycles. The lowest BCUT2D eigenvalue weighted by Gasteiger charge is -2.33. The summed E-state index contributed by atoms with van der Waals surface area (Å²) in [5.41, 5.74) is 0.878. The van der Waals surface area contributed by atoms with Crippen molar-refractivity contribution < 1.29 is 22.4 Å². The first-order valence-electron chi connectivity index (χ1n) is 12.3. The van der Waals surface area contributed by atoms with Crippen LogP contribution in [0.3, 0.4) is 0 Å². The summed E-state index contributed by atoms with van der Waals surface area (Å²) in [6.07, 6.45) is 1.03. The number of nitrogens with one attached hydrogen (secondary N) is 1. The fourth-order valence-electron chi connectivity index (χ4n) is 3.95. The van der Waals surface area contributed by atoms with Gasteiger partial charge in [0.2, 0.25) is 11.8 Å². The third-order valence-electron chi connectivity index (χ3n) is 5.96. The molecule has 202 valence electrons. The van der Waals surface area contributed by atoms with E-state index < -0.39 is 34.3 Å². The van der Waals surface area contributed by atoms with Gasteiger partial charge in [-0.1, -0.05) is 61.8 Å². The largest absolute Gasteiger partial charge is 0.354 e. The van der Waals surface area contributed by atoms with Gasteiger partial charge in [0, 0.05) is 18.1 Å². The zero-order valence-corrected chi connectivity index (χ0v) is 22.9. The van der Waals surface area contributed by atoms with Gasteiger partial charge in [-0.25, -0.2) is 12.8 Å². The lowest BCUT2D eigenvalue weighted by atomic mass is 10.1. The van der Waals surface area contributed by atoms with Crippen LogP contribution < -0.4 is 9.62 Å². The van der Waals surface area contributed by atoms with Crippen LogP contribution in [0.2, 0.25) is 5.02 Å². The van der Waals surface area contributed by atoms with Crippen LogP contribution in [0, 0.1) is 5.82 Å². The van der Waals surface area contributed by atoms with E-state index in [-0.39, 0.29) is 23.0 Å². The third kappa shape index (κ3) is 7.11. The minimum atomic E-state index is -4.25. The Kier molecular flexibility index (Phi) is 10.3. The monoisotopic (exact) mass is 559 g/mol. The van der Waals surface area contributed by atoms with Gasteiger partial charge in [0.05, 0.1) is 10.6 Å². The van der Waals surface area contributed by atoms with Crippen molar-refractivity contribution in [3.8, 4) is 0 Å². The molecule has 2 amide bonds. The molecule has 0 aliphatic heterocycles. The van der Waals surface area contributed by atoms with Gasteiger partial charge in [0.15, 0.2) is 0 Å². The first-order valence-corrected chi connectivity index (χ1v) is 14.1. The van der Waals surface area contributed by atoms with Crippen molar-refractivity contribution in [1.82, 2.24) is 10.2 Å². The number of carbonyl (C=O) groups is 2. The van der Waals surface area contributed by atoms with Gasteiger partial charge < -0.3 is 10.2 Å². The molecule has 38 heavy (non-hydrogen) atoms. The molecule has 0 aliphatic rings. The molecule has 0 fully saturated rings. The summed E-state index contributed by atoms with van der Waals surface area (Å²) in [6.45, 7) is 3.58. The quantitative estimate of drug-likeness (QED) is 0.338. The van der Waals surface area contributed by atoms with Crippen LogP contribution in [0.25, 0.3) is 0 Å². The van der Waals surface area contributed by atoms with Crippen molar-refractivity contribution in [2.45, 2.75) is 44.2 Å². The van der Waals surface area contributed by atoms with E-state index in [2.05, 4.69) is 5.32 Å². The molecule has 3 aromatic rings. The fraction of sp³-hybridized carbons (Fsp3) is 0.286. The number of hydrogen-bond acceptors (Lipinski definition) is 4. The molecule has 10 heteroatoms. The Balaban J connectivity index is 2.03. The van der Waals surface area contributed by atoms with Gasteiger partial charge in [-0.05, 0) is 60.9 Å². The van der Waals surface area contributed by atoms with Crippen LogP contribution >= 0.6 is 11.6 Å². The lowest BCUT2D eigenvalue weighted by Crippen LogP contribution is -2.52. The molecule has 3 aromatic carbocycles. The number of carbonyl (C=O) groups excluding carboxylic acids is 2. The van der Waals surface area contributed by atoms with Crippen molar-refractivity contribution in [2.24, 2.45) is 0 Å². The SMILES string of the molecule is CCCNC(=O)C(CC)N(Cc1ccccc1Cl)C(=O)CN(c1ccccc1)S(=O)(=O)c1ccc(F)cc1. The maximum atomic E-state index is 13.9. The number of benzene rings is 3. The van der Waals surface area contributed by atoms with Crippen LogP contribution in [-0.4, -0.2) is 44.3 Å². The number of halogens is 2. The summed E-state index contributed by atoms with van der Waals surface area (Å²) in [6, 6.07) is 18.7. The Hall–Kier alpha value is -3.43. The van der Waals surface area contributed by atoms with Gasteiger partial charge in [0.1, 0.15) is 18.4 Å². The summed E-state index contributed by atoms with van der Waals surface area (Å²) in [5, 5.41) is 3.26. The number of hydrogen-bond donors (Lipinski definition) is 1. The average molecular weight is 560 g/mol. The van der Waals surface area contributed by atoms with Gasteiger partial charge >= 0.3 is 0 Å². The minimum Gasteiger partial charge on any atom is -0.354 e. The summed E-state index contributed by atoms with van der Waals surface area (Å²) in [5.74, 6) is -1.50. The predicted molar refractivity (Wildman–Crippen MR) is 147 cm³/mol. The molecule has 0 saturated carbocycles. The molecule has 0 heterocycles. The van der Waals surface area contributed by atoms with E-state index in [0.29, 0.717) is 23.6 Å². The number of anilines is 1. The van der Waals surface area contributed by atoms with E-state index >= 15 is 0 Å². The van der Waals surface area contributed by atoms with Gasteiger partial charge in [0.25, 0.3) is 10.0 Å². The molecule has 0 spiro atoms. The smallest absolute Gasteiger partial charge is 0.264 e. The molecule has 1 unspecified atom stereocenters. The Labute approximate surface area is 228 Å². The van der Waals surface area contributed by atoms with Gasteiger partial charge in [-0.15, -0.1) is 0 Å². The molecular weight excluding hydrogens is 529 g/mol. The number of para-hydroxylation sites is 1. The molecule has 0 aromatic heterocycles. The Bertz CT molecular complexity index is 1340. The first-order chi connectivity index (χ1) is 18.2. The van der Waals surface area contributed by atoms with Crippen molar-refractivity contribution in [3.05, 3.63) is 95.3 Å². The van der Waals surface area contributed by atoms with E-state index in [1.165, 1.54) is 4.90 Å². The van der Waals surface area contributed by atoms with Crippen molar-refractivity contribution in [2.75, 3.05) is 17.4 Å². The maximum absolute atomic E-state index is 13.9. The average Bonchev–Trinajstić information content (AvgIpc) is 2.92. The molecule has 0 bridgehead atoms. The van der Waals surface area contributed by atoms with Crippen LogP contribution in [0.5, 0.6) is 0 Å².